The van der Waals surface area contributed by atoms with Crippen LogP contribution < -0.4 is 10.1 Å². The minimum absolute atomic E-state index is 0.178. The number of aryl methyl sites for hydroxylation is 2. The highest BCUT2D eigenvalue weighted by Gasteiger charge is 2.08. The van der Waals surface area contributed by atoms with Crippen LogP contribution in [0.25, 0.3) is 22.3 Å². The molecule has 1 heterocycles. The Bertz CT molecular complexity index is 1220. The molecule has 0 radical (unpaired) electrons. The first-order valence-corrected chi connectivity index (χ1v) is 9.07. The van der Waals surface area contributed by atoms with E-state index < -0.39 is 0 Å². The van der Waals surface area contributed by atoms with Crippen LogP contribution in [-0.4, -0.2) is 12.2 Å². The fourth-order valence-electron chi connectivity index (χ4n) is 3.21. The standard InChI is InChI=1S/C24H21NO3/c1-15-4-10-21(16(2)12-15)25-22-14-24(17-5-8-19(27-3)9-6-17)28-23-11-7-18(26)13-20(22)23/h4-14,26H,1-3H3. The van der Waals surface area contributed by atoms with Gasteiger partial charge in [0.1, 0.15) is 22.8 Å². The van der Waals surface area contributed by atoms with Gasteiger partial charge in [-0.05, 0) is 67.9 Å². The number of benzene rings is 3. The van der Waals surface area contributed by atoms with Crippen molar-refractivity contribution >= 4 is 16.7 Å². The number of ether oxygens (including phenoxy) is 1. The summed E-state index contributed by atoms with van der Waals surface area (Å²) in [7, 11) is 1.64. The molecule has 4 aromatic rings. The summed E-state index contributed by atoms with van der Waals surface area (Å²) in [4.78, 5) is 4.88. The van der Waals surface area contributed by atoms with Gasteiger partial charge < -0.3 is 14.3 Å². The van der Waals surface area contributed by atoms with Crippen LogP contribution in [0.15, 0.2) is 76.1 Å². The van der Waals surface area contributed by atoms with E-state index >= 15 is 0 Å². The summed E-state index contributed by atoms with van der Waals surface area (Å²) in [6.45, 7) is 4.11. The van der Waals surface area contributed by atoms with Gasteiger partial charge in [0.2, 0.25) is 0 Å². The van der Waals surface area contributed by atoms with Crippen molar-refractivity contribution in [2.75, 3.05) is 7.11 Å². The number of hydrogen-bond acceptors (Lipinski definition) is 4. The Balaban J connectivity index is 1.97. The zero-order valence-corrected chi connectivity index (χ0v) is 16.1. The minimum Gasteiger partial charge on any atom is -0.508 e. The maximum absolute atomic E-state index is 9.96. The first-order chi connectivity index (χ1) is 13.5. The molecular weight excluding hydrogens is 350 g/mol. The second-order valence-corrected chi connectivity index (χ2v) is 6.81. The summed E-state index contributed by atoms with van der Waals surface area (Å²) in [6.07, 6.45) is 0. The zero-order chi connectivity index (χ0) is 19.7. The van der Waals surface area contributed by atoms with E-state index in [4.69, 9.17) is 14.1 Å². The molecule has 0 aliphatic rings. The van der Waals surface area contributed by atoms with Crippen LogP contribution in [0.5, 0.6) is 11.5 Å². The van der Waals surface area contributed by atoms with Crippen LogP contribution in [0, 0.1) is 13.8 Å². The van der Waals surface area contributed by atoms with Crippen LogP contribution in [0.2, 0.25) is 0 Å². The highest BCUT2D eigenvalue weighted by atomic mass is 16.5. The molecule has 0 atom stereocenters. The third-order valence-corrected chi connectivity index (χ3v) is 4.69. The highest BCUT2D eigenvalue weighted by molar-refractivity contribution is 5.80. The average molecular weight is 371 g/mol. The summed E-state index contributed by atoms with van der Waals surface area (Å²) in [5, 5.41) is 11.5. The minimum atomic E-state index is 0.178. The second-order valence-electron chi connectivity index (χ2n) is 6.81. The van der Waals surface area contributed by atoms with Gasteiger partial charge >= 0.3 is 0 Å². The summed E-state index contributed by atoms with van der Waals surface area (Å²) in [5.41, 5.74) is 4.77. The van der Waals surface area contributed by atoms with Gasteiger partial charge in [-0.3, -0.25) is 0 Å². The lowest BCUT2D eigenvalue weighted by molar-refractivity contribution is 0.415. The van der Waals surface area contributed by atoms with E-state index in [1.54, 1.807) is 25.3 Å². The monoisotopic (exact) mass is 371 g/mol. The topological polar surface area (TPSA) is 55.0 Å². The van der Waals surface area contributed by atoms with Gasteiger partial charge in [0.05, 0.1) is 18.2 Å². The number of phenols is 1. The molecule has 0 saturated carbocycles. The predicted molar refractivity (Wildman–Crippen MR) is 111 cm³/mol. The molecule has 1 aromatic heterocycles. The Morgan fingerprint density at radius 2 is 1.68 bits per heavy atom. The summed E-state index contributed by atoms with van der Waals surface area (Å²) in [5.74, 6) is 1.66. The summed E-state index contributed by atoms with van der Waals surface area (Å²) < 4.78 is 11.3. The first kappa shape index (κ1) is 17.9. The zero-order valence-electron chi connectivity index (χ0n) is 16.1. The third kappa shape index (κ3) is 3.49. The Morgan fingerprint density at radius 1 is 0.893 bits per heavy atom. The molecule has 0 fully saturated rings. The predicted octanol–water partition coefficient (Wildman–Crippen LogP) is 5.66. The van der Waals surface area contributed by atoms with Crippen LogP contribution in [-0.2, 0) is 0 Å². The van der Waals surface area contributed by atoms with E-state index in [2.05, 4.69) is 13.0 Å². The number of nitrogens with zero attached hydrogens (tertiary/aromatic N) is 1. The number of phenolic OH excluding ortho intramolecular Hbond substituents is 1. The van der Waals surface area contributed by atoms with Crippen LogP contribution in [0.1, 0.15) is 11.1 Å². The van der Waals surface area contributed by atoms with Crippen LogP contribution in [0.3, 0.4) is 0 Å². The quantitative estimate of drug-likeness (QED) is 0.505. The van der Waals surface area contributed by atoms with E-state index in [1.165, 1.54) is 5.56 Å². The highest BCUT2D eigenvalue weighted by Crippen LogP contribution is 2.27. The van der Waals surface area contributed by atoms with Crippen molar-refractivity contribution in [2.45, 2.75) is 13.8 Å². The average Bonchev–Trinajstić information content (AvgIpc) is 2.70. The van der Waals surface area contributed by atoms with Gasteiger partial charge in [0.15, 0.2) is 0 Å². The van der Waals surface area contributed by atoms with Crippen molar-refractivity contribution in [3.63, 3.8) is 0 Å². The Labute approximate surface area is 163 Å². The maximum Gasteiger partial charge on any atom is 0.137 e. The first-order valence-electron chi connectivity index (χ1n) is 9.07. The molecule has 4 nitrogen and oxygen atoms in total. The van der Waals surface area contributed by atoms with Gasteiger partial charge in [-0.25, -0.2) is 4.99 Å². The summed E-state index contributed by atoms with van der Waals surface area (Å²) in [6, 6.07) is 20.8. The molecule has 0 bridgehead atoms. The lowest BCUT2D eigenvalue weighted by Crippen LogP contribution is -2.03. The van der Waals surface area contributed by atoms with E-state index in [0.29, 0.717) is 11.3 Å². The number of fused-ring (bicyclic) bond motifs is 1. The molecule has 1 N–H and O–H groups in total. The number of aromatic hydroxyl groups is 1. The SMILES string of the molecule is COc1ccc(-c2cc(=Nc3ccc(C)cc3C)c3cc(O)ccc3o2)cc1. The van der Waals surface area contributed by atoms with Gasteiger partial charge in [0, 0.05) is 17.0 Å². The molecule has 28 heavy (non-hydrogen) atoms. The lowest BCUT2D eigenvalue weighted by atomic mass is 10.1. The van der Waals surface area contributed by atoms with E-state index in [9.17, 15) is 5.11 Å². The van der Waals surface area contributed by atoms with Gasteiger partial charge in [-0.2, -0.15) is 0 Å². The number of rotatable bonds is 3. The van der Waals surface area contributed by atoms with Crippen molar-refractivity contribution in [1.29, 1.82) is 0 Å². The molecule has 4 heteroatoms. The van der Waals surface area contributed by atoms with Gasteiger partial charge in [-0.15, -0.1) is 0 Å². The molecule has 0 unspecified atom stereocenters. The van der Waals surface area contributed by atoms with Crippen molar-refractivity contribution < 1.29 is 14.3 Å². The molecule has 140 valence electrons. The van der Waals surface area contributed by atoms with E-state index in [1.807, 2.05) is 49.4 Å². The molecule has 0 aliphatic heterocycles. The van der Waals surface area contributed by atoms with E-state index in [-0.39, 0.29) is 5.75 Å². The molecule has 0 amide bonds. The van der Waals surface area contributed by atoms with Crippen LogP contribution in [0.4, 0.5) is 5.69 Å². The van der Waals surface area contributed by atoms with Crippen molar-refractivity contribution in [1.82, 2.24) is 0 Å². The molecule has 0 spiro atoms. The Morgan fingerprint density at radius 3 is 2.39 bits per heavy atom. The number of methoxy groups -OCH3 is 1. The molecule has 0 aliphatic carbocycles. The van der Waals surface area contributed by atoms with Gasteiger partial charge in [-0.1, -0.05) is 17.7 Å². The number of hydrogen-bond donors (Lipinski definition) is 1. The maximum atomic E-state index is 9.96. The molecule has 3 aromatic carbocycles. The van der Waals surface area contributed by atoms with Crippen molar-refractivity contribution in [3.8, 4) is 22.8 Å². The third-order valence-electron chi connectivity index (χ3n) is 4.69. The van der Waals surface area contributed by atoms with E-state index in [0.717, 1.165) is 33.3 Å². The second kappa shape index (κ2) is 7.24. The lowest BCUT2D eigenvalue weighted by Gasteiger charge is -2.07. The fraction of sp³-hybridized carbons (Fsp3) is 0.125. The Hall–Kier alpha value is -3.53. The summed E-state index contributed by atoms with van der Waals surface area (Å²) >= 11 is 0. The Kier molecular flexibility index (Phi) is 4.62. The molecule has 4 rings (SSSR count). The largest absolute Gasteiger partial charge is 0.508 e. The van der Waals surface area contributed by atoms with Crippen LogP contribution >= 0.6 is 0 Å². The molecule has 0 saturated heterocycles. The normalized spacial score (nSPS) is 11.8. The van der Waals surface area contributed by atoms with Crippen molar-refractivity contribution in [2.24, 2.45) is 4.99 Å². The molecular formula is C24H21NO3. The van der Waals surface area contributed by atoms with Gasteiger partial charge in [0.25, 0.3) is 0 Å². The fourth-order valence-corrected chi connectivity index (χ4v) is 3.21. The smallest absolute Gasteiger partial charge is 0.137 e. The van der Waals surface area contributed by atoms with Crippen molar-refractivity contribution in [3.05, 3.63) is 83.2 Å².